The van der Waals surface area contributed by atoms with Gasteiger partial charge in [0.05, 0.1) is 21.1 Å². The largest absolute Gasteiger partial charge is 0.204 e. The van der Waals surface area contributed by atoms with Gasteiger partial charge in [-0.15, -0.1) is 11.3 Å². The van der Waals surface area contributed by atoms with Crippen molar-refractivity contribution in [1.29, 1.82) is 0 Å². The highest BCUT2D eigenvalue weighted by atomic mass is 79.9. The highest BCUT2D eigenvalue weighted by Gasteiger charge is 2.21. The molecule has 7 heteroatoms. The van der Waals surface area contributed by atoms with Gasteiger partial charge in [0.25, 0.3) is 0 Å². The first kappa shape index (κ1) is 18.9. The van der Waals surface area contributed by atoms with E-state index in [1.165, 1.54) is 30.6 Å². The maximum absolute atomic E-state index is 14.5. The Hall–Kier alpha value is -0.920. The molecule has 3 rings (SSSR count). The average molecular weight is 445 g/mol. The van der Waals surface area contributed by atoms with E-state index in [1.807, 2.05) is 6.07 Å². The van der Waals surface area contributed by atoms with Gasteiger partial charge in [0.15, 0.2) is 11.6 Å². The van der Waals surface area contributed by atoms with E-state index in [9.17, 15) is 8.78 Å². The number of hydrogen-bond acceptors (Lipinski definition) is 4. The maximum atomic E-state index is 14.5. The second-order valence-corrected chi connectivity index (χ2v) is 9.11. The molecule has 134 valence electrons. The van der Waals surface area contributed by atoms with E-state index in [4.69, 9.17) is 0 Å². The summed E-state index contributed by atoms with van der Waals surface area (Å²) in [5.41, 5.74) is 2.21. The van der Waals surface area contributed by atoms with Crippen molar-refractivity contribution in [2.75, 3.05) is 0 Å². The molecular formula is C18H19BrF2N2S2. The zero-order valence-electron chi connectivity index (χ0n) is 14.1. The molecule has 2 heterocycles. The van der Waals surface area contributed by atoms with Crippen LogP contribution in [0.4, 0.5) is 8.78 Å². The summed E-state index contributed by atoms with van der Waals surface area (Å²) < 4.78 is 37.6. The van der Waals surface area contributed by atoms with E-state index in [-0.39, 0.29) is 5.56 Å². The summed E-state index contributed by atoms with van der Waals surface area (Å²) in [4.78, 5) is 0.696. The lowest BCUT2D eigenvalue weighted by Crippen LogP contribution is -2.02. The lowest BCUT2D eigenvalue weighted by molar-refractivity contribution is 0.449. The molecule has 0 aliphatic carbocycles. The Morgan fingerprint density at radius 1 is 1.20 bits per heavy atom. The lowest BCUT2D eigenvalue weighted by Gasteiger charge is -2.13. The van der Waals surface area contributed by atoms with Gasteiger partial charge in [0, 0.05) is 10.9 Å². The molecule has 0 aliphatic rings. The number of halogens is 3. The molecule has 0 saturated heterocycles. The van der Waals surface area contributed by atoms with Crippen LogP contribution >= 0.6 is 39.0 Å². The predicted molar refractivity (Wildman–Crippen MR) is 105 cm³/mol. The molecule has 1 aromatic carbocycles. The van der Waals surface area contributed by atoms with Crippen molar-refractivity contribution < 1.29 is 8.78 Å². The number of thiophene rings is 1. The Labute approximate surface area is 162 Å². The highest BCUT2D eigenvalue weighted by molar-refractivity contribution is 9.11. The van der Waals surface area contributed by atoms with Crippen LogP contribution in [0.1, 0.15) is 45.1 Å². The molecule has 1 unspecified atom stereocenters. The topological polar surface area (TPSA) is 25.8 Å². The molecule has 0 saturated carbocycles. The number of aromatic nitrogens is 2. The fourth-order valence-electron chi connectivity index (χ4n) is 3.02. The molecule has 2 nitrogen and oxygen atoms in total. The molecule has 0 aliphatic heterocycles. The van der Waals surface area contributed by atoms with Crippen molar-refractivity contribution >= 4 is 50.0 Å². The fraction of sp³-hybridized carbons (Fsp3) is 0.444. The number of hydrogen-bond donors (Lipinski definition) is 0. The van der Waals surface area contributed by atoms with Gasteiger partial charge in [-0.1, -0.05) is 39.5 Å². The molecule has 0 N–H and O–H groups in total. The van der Waals surface area contributed by atoms with Crippen molar-refractivity contribution in [3.63, 3.8) is 0 Å². The second kappa shape index (κ2) is 8.18. The SMILES string of the molecule is CCCCC(CC)Cc1cc(-c2c(F)c(F)cc3nsnc23)sc1Br. The summed E-state index contributed by atoms with van der Waals surface area (Å²) in [5, 5.41) is 0. The number of unbranched alkanes of at least 4 members (excludes halogenated alkanes) is 1. The average Bonchev–Trinajstić information content (AvgIpc) is 3.19. The van der Waals surface area contributed by atoms with Crippen molar-refractivity contribution in [1.82, 2.24) is 8.75 Å². The van der Waals surface area contributed by atoms with Crippen molar-refractivity contribution in [2.24, 2.45) is 5.92 Å². The fourth-order valence-corrected chi connectivity index (χ4v) is 5.31. The Balaban J connectivity index is 1.98. The summed E-state index contributed by atoms with van der Waals surface area (Å²) in [6.45, 7) is 4.41. The van der Waals surface area contributed by atoms with Crippen LogP contribution in [0, 0.1) is 17.6 Å². The lowest BCUT2D eigenvalue weighted by atomic mass is 9.93. The minimum atomic E-state index is -0.879. The molecule has 0 amide bonds. The summed E-state index contributed by atoms with van der Waals surface area (Å²) >= 11 is 6.01. The Bertz CT molecular complexity index is 875. The third kappa shape index (κ3) is 3.93. The van der Waals surface area contributed by atoms with Gasteiger partial charge in [0.1, 0.15) is 11.0 Å². The monoisotopic (exact) mass is 444 g/mol. The molecule has 25 heavy (non-hydrogen) atoms. The summed E-state index contributed by atoms with van der Waals surface area (Å²) in [7, 11) is 0. The zero-order chi connectivity index (χ0) is 18.0. The number of fused-ring (bicyclic) bond motifs is 1. The predicted octanol–water partition coefficient (Wildman–Crippen LogP) is 7.22. The van der Waals surface area contributed by atoms with Crippen LogP contribution < -0.4 is 0 Å². The number of nitrogens with zero attached hydrogens (tertiary/aromatic N) is 2. The van der Waals surface area contributed by atoms with Crippen LogP contribution in [-0.4, -0.2) is 8.75 Å². The third-order valence-electron chi connectivity index (χ3n) is 4.50. The molecule has 0 radical (unpaired) electrons. The first-order valence-electron chi connectivity index (χ1n) is 8.43. The zero-order valence-corrected chi connectivity index (χ0v) is 17.3. The molecule has 0 spiro atoms. The van der Waals surface area contributed by atoms with E-state index < -0.39 is 11.6 Å². The highest BCUT2D eigenvalue weighted by Crippen LogP contribution is 2.41. The Morgan fingerprint density at radius 3 is 2.72 bits per heavy atom. The number of benzene rings is 1. The van der Waals surface area contributed by atoms with E-state index in [0.717, 1.165) is 40.0 Å². The van der Waals surface area contributed by atoms with Gasteiger partial charge in [-0.3, -0.25) is 0 Å². The summed E-state index contributed by atoms with van der Waals surface area (Å²) in [6.07, 6.45) is 5.67. The van der Waals surface area contributed by atoms with Crippen molar-refractivity contribution in [3.8, 4) is 10.4 Å². The maximum Gasteiger partial charge on any atom is 0.169 e. The van der Waals surface area contributed by atoms with Crippen molar-refractivity contribution in [2.45, 2.75) is 46.0 Å². The number of rotatable bonds is 7. The molecule has 0 bridgehead atoms. The Morgan fingerprint density at radius 2 is 2.00 bits per heavy atom. The van der Waals surface area contributed by atoms with Crippen LogP contribution in [0.25, 0.3) is 21.5 Å². The van der Waals surface area contributed by atoms with Gasteiger partial charge < -0.3 is 0 Å². The van der Waals surface area contributed by atoms with Gasteiger partial charge in [0.2, 0.25) is 0 Å². The molecule has 3 aromatic rings. The molecule has 1 atom stereocenters. The first-order chi connectivity index (χ1) is 12.0. The van der Waals surface area contributed by atoms with Gasteiger partial charge in [-0.05, 0) is 39.9 Å². The van der Waals surface area contributed by atoms with Gasteiger partial charge in [-0.25, -0.2) is 8.78 Å². The second-order valence-electron chi connectivity index (χ2n) is 6.21. The van der Waals surface area contributed by atoms with Gasteiger partial charge in [-0.2, -0.15) is 8.75 Å². The summed E-state index contributed by atoms with van der Waals surface area (Å²) in [6, 6.07) is 3.08. The van der Waals surface area contributed by atoms with E-state index in [2.05, 4.69) is 38.5 Å². The first-order valence-corrected chi connectivity index (χ1v) is 10.8. The van der Waals surface area contributed by atoms with Crippen LogP contribution in [-0.2, 0) is 6.42 Å². The smallest absolute Gasteiger partial charge is 0.169 e. The molecule has 2 aromatic heterocycles. The standard InChI is InChI=1S/C18H19BrF2N2S2/c1-3-5-6-10(4-2)7-11-8-14(24-18(11)19)15-16(21)12(20)9-13-17(15)23-25-22-13/h8-10H,3-7H2,1-2H3. The molecule has 0 fully saturated rings. The van der Waals surface area contributed by atoms with Crippen LogP contribution in [0.15, 0.2) is 15.9 Å². The quantitative estimate of drug-likeness (QED) is 0.384. The van der Waals surface area contributed by atoms with Gasteiger partial charge >= 0.3 is 0 Å². The van der Waals surface area contributed by atoms with E-state index in [0.29, 0.717) is 21.8 Å². The Kier molecular flexibility index (Phi) is 6.17. The summed E-state index contributed by atoms with van der Waals surface area (Å²) in [5.74, 6) is -1.12. The molecular weight excluding hydrogens is 426 g/mol. The minimum Gasteiger partial charge on any atom is -0.204 e. The third-order valence-corrected chi connectivity index (χ3v) is 7.02. The van der Waals surface area contributed by atoms with Crippen LogP contribution in [0.2, 0.25) is 0 Å². The minimum absolute atomic E-state index is 0.224. The van der Waals surface area contributed by atoms with Crippen molar-refractivity contribution in [3.05, 3.63) is 33.1 Å². The van der Waals surface area contributed by atoms with E-state index in [1.54, 1.807) is 0 Å². The van der Waals surface area contributed by atoms with Crippen LogP contribution in [0.5, 0.6) is 0 Å². The van der Waals surface area contributed by atoms with E-state index >= 15 is 0 Å². The normalized spacial score (nSPS) is 12.8. The van der Waals surface area contributed by atoms with Crippen LogP contribution in [0.3, 0.4) is 0 Å².